The molecule has 1 atom stereocenters. The van der Waals surface area contributed by atoms with Crippen LogP contribution in [0.3, 0.4) is 0 Å². The molecule has 0 aliphatic heterocycles. The van der Waals surface area contributed by atoms with Crippen molar-refractivity contribution in [1.82, 2.24) is 10.2 Å². The van der Waals surface area contributed by atoms with Crippen molar-refractivity contribution in [3.05, 3.63) is 88.4 Å². The highest BCUT2D eigenvalue weighted by atomic mass is 79.9. The lowest BCUT2D eigenvalue weighted by molar-refractivity contribution is -0.140. The van der Waals surface area contributed by atoms with E-state index in [2.05, 4.69) is 21.2 Å². The number of aryl methyl sites for hydroxylation is 1. The predicted octanol–water partition coefficient (Wildman–Crippen LogP) is 5.29. The van der Waals surface area contributed by atoms with E-state index in [4.69, 9.17) is 4.74 Å². The number of hydrogen-bond acceptors (Lipinski definition) is 5. The smallest absolute Gasteiger partial charge is 0.264 e. The summed E-state index contributed by atoms with van der Waals surface area (Å²) in [5.41, 5.74) is 1.38. The van der Waals surface area contributed by atoms with Crippen LogP contribution in [-0.4, -0.2) is 50.4 Å². The molecule has 0 heterocycles. The van der Waals surface area contributed by atoms with Gasteiger partial charge in [0.25, 0.3) is 10.0 Å². The number of sulfonamides is 1. The zero-order valence-corrected chi connectivity index (χ0v) is 26.0. The summed E-state index contributed by atoms with van der Waals surface area (Å²) < 4.78 is 35.3. The molecule has 0 aromatic heterocycles. The molecule has 0 aliphatic carbocycles. The van der Waals surface area contributed by atoms with Gasteiger partial charge in [-0.1, -0.05) is 57.9 Å². The van der Waals surface area contributed by atoms with E-state index in [9.17, 15) is 18.0 Å². The summed E-state index contributed by atoms with van der Waals surface area (Å²) >= 11 is 3.45. The molecule has 0 spiro atoms. The van der Waals surface area contributed by atoms with Crippen LogP contribution in [0.5, 0.6) is 5.75 Å². The van der Waals surface area contributed by atoms with Gasteiger partial charge >= 0.3 is 0 Å². The summed E-state index contributed by atoms with van der Waals surface area (Å²) in [5.74, 6) is -0.595. The first kappa shape index (κ1) is 31.2. The summed E-state index contributed by atoms with van der Waals surface area (Å²) in [6, 6.07) is 19.6. The van der Waals surface area contributed by atoms with Crippen molar-refractivity contribution >= 4 is 43.5 Å². The highest BCUT2D eigenvalue weighted by molar-refractivity contribution is 9.10. The van der Waals surface area contributed by atoms with Crippen LogP contribution < -0.4 is 14.4 Å². The van der Waals surface area contributed by atoms with Gasteiger partial charge in [0.15, 0.2) is 0 Å². The van der Waals surface area contributed by atoms with Crippen LogP contribution in [0.15, 0.2) is 82.2 Å². The Morgan fingerprint density at radius 2 is 1.65 bits per heavy atom. The van der Waals surface area contributed by atoms with Crippen LogP contribution in [0.25, 0.3) is 0 Å². The third-order valence-electron chi connectivity index (χ3n) is 6.15. The third-order valence-corrected chi connectivity index (χ3v) is 8.42. The van der Waals surface area contributed by atoms with Crippen LogP contribution >= 0.6 is 15.9 Å². The molecule has 40 heavy (non-hydrogen) atoms. The lowest BCUT2D eigenvalue weighted by Crippen LogP contribution is -2.54. The minimum absolute atomic E-state index is 0.0360. The molecule has 3 rings (SSSR count). The molecule has 3 aromatic carbocycles. The van der Waals surface area contributed by atoms with Crippen LogP contribution in [0.1, 0.15) is 38.8 Å². The summed E-state index contributed by atoms with van der Waals surface area (Å²) in [6.07, 6.45) is 0. The second-order valence-electron chi connectivity index (χ2n) is 10.6. The molecule has 0 fully saturated rings. The molecular formula is C30H36BrN3O5S. The Bertz CT molecular complexity index is 1450. The van der Waals surface area contributed by atoms with Gasteiger partial charge in [0.1, 0.15) is 18.3 Å². The number of para-hydroxylation sites is 2. The first-order chi connectivity index (χ1) is 18.7. The molecule has 10 heteroatoms. The molecule has 0 radical (unpaired) electrons. The van der Waals surface area contributed by atoms with Crippen molar-refractivity contribution in [2.45, 2.75) is 57.6 Å². The fraction of sp³-hybridized carbons (Fsp3) is 0.333. The maximum absolute atomic E-state index is 14.0. The summed E-state index contributed by atoms with van der Waals surface area (Å²) in [5, 5.41) is 2.92. The van der Waals surface area contributed by atoms with Gasteiger partial charge < -0.3 is 15.0 Å². The van der Waals surface area contributed by atoms with Crippen molar-refractivity contribution in [3.8, 4) is 5.75 Å². The number of hydrogen-bond donors (Lipinski definition) is 1. The molecule has 0 saturated carbocycles. The number of ether oxygens (including phenoxy) is 1. The predicted molar refractivity (Wildman–Crippen MR) is 161 cm³/mol. The highest BCUT2D eigenvalue weighted by Gasteiger charge is 2.34. The number of methoxy groups -OCH3 is 1. The highest BCUT2D eigenvalue weighted by Crippen LogP contribution is 2.32. The molecule has 0 bridgehead atoms. The molecule has 0 aliphatic rings. The first-order valence-electron chi connectivity index (χ1n) is 12.8. The Labute approximate surface area is 245 Å². The molecule has 1 N–H and O–H groups in total. The van der Waals surface area contributed by atoms with Gasteiger partial charge in [0.05, 0.1) is 17.7 Å². The van der Waals surface area contributed by atoms with E-state index in [-0.39, 0.29) is 23.0 Å². The lowest BCUT2D eigenvalue weighted by atomic mass is 10.1. The van der Waals surface area contributed by atoms with E-state index in [1.807, 2.05) is 52.0 Å². The Kier molecular flexibility index (Phi) is 10.0. The second-order valence-corrected chi connectivity index (χ2v) is 13.3. The minimum Gasteiger partial charge on any atom is -0.495 e. The summed E-state index contributed by atoms with van der Waals surface area (Å²) in [7, 11) is -2.75. The largest absolute Gasteiger partial charge is 0.495 e. The number of rotatable bonds is 10. The van der Waals surface area contributed by atoms with E-state index in [1.165, 1.54) is 24.1 Å². The molecule has 0 saturated heterocycles. The van der Waals surface area contributed by atoms with Crippen molar-refractivity contribution < 1.29 is 22.7 Å². The zero-order valence-electron chi connectivity index (χ0n) is 23.6. The maximum atomic E-state index is 14.0. The molecule has 2 amide bonds. The van der Waals surface area contributed by atoms with Crippen molar-refractivity contribution in [2.75, 3.05) is 18.0 Å². The van der Waals surface area contributed by atoms with Crippen LogP contribution in [0, 0.1) is 6.92 Å². The van der Waals surface area contributed by atoms with E-state index >= 15 is 0 Å². The molecular weight excluding hydrogens is 594 g/mol. The number of benzene rings is 3. The molecule has 3 aromatic rings. The topological polar surface area (TPSA) is 96.0 Å². The molecule has 214 valence electrons. The van der Waals surface area contributed by atoms with Gasteiger partial charge in [-0.15, -0.1) is 0 Å². The summed E-state index contributed by atoms with van der Waals surface area (Å²) in [6.45, 7) is 8.63. The van der Waals surface area contributed by atoms with E-state index < -0.39 is 34.1 Å². The molecule has 0 unspecified atom stereocenters. The zero-order chi connectivity index (χ0) is 29.7. The summed E-state index contributed by atoms with van der Waals surface area (Å²) in [4.78, 5) is 28.7. The van der Waals surface area contributed by atoms with Gasteiger partial charge in [-0.2, -0.15) is 0 Å². The SMILES string of the molecule is COc1ccccc1N(CC(=O)N(Cc1cccc(Br)c1)[C@H](C)C(=O)NC(C)(C)C)S(=O)(=O)c1ccc(C)cc1. The van der Waals surface area contributed by atoms with Crippen molar-refractivity contribution in [3.63, 3.8) is 0 Å². The Hall–Kier alpha value is -3.37. The second kappa shape index (κ2) is 12.9. The van der Waals surface area contributed by atoms with E-state index in [0.717, 1.165) is 19.9 Å². The third kappa shape index (κ3) is 7.85. The standard InChI is InChI=1S/C30H36BrN3O5S/c1-21-14-16-25(17-15-21)40(37,38)34(26-12-7-8-13-27(26)39-6)20-28(35)33(19-23-10-9-11-24(31)18-23)22(2)29(36)32-30(3,4)5/h7-18,22H,19-20H2,1-6H3,(H,32,36)/t22-/m1/s1. The number of nitrogens with zero attached hydrogens (tertiary/aromatic N) is 2. The van der Waals surface area contributed by atoms with Crippen LogP contribution in [0.4, 0.5) is 5.69 Å². The number of nitrogens with one attached hydrogen (secondary N) is 1. The van der Waals surface area contributed by atoms with Gasteiger partial charge in [-0.05, 0) is 76.6 Å². The maximum Gasteiger partial charge on any atom is 0.264 e. The monoisotopic (exact) mass is 629 g/mol. The Morgan fingerprint density at radius 1 is 1.00 bits per heavy atom. The van der Waals surface area contributed by atoms with E-state index in [1.54, 1.807) is 43.3 Å². The fourth-order valence-electron chi connectivity index (χ4n) is 4.08. The quantitative estimate of drug-likeness (QED) is 0.329. The van der Waals surface area contributed by atoms with Gasteiger partial charge in [-0.25, -0.2) is 8.42 Å². The molecule has 8 nitrogen and oxygen atoms in total. The van der Waals surface area contributed by atoms with Crippen LogP contribution in [-0.2, 0) is 26.2 Å². The fourth-order valence-corrected chi connectivity index (χ4v) is 5.95. The minimum atomic E-state index is -4.19. The Balaban J connectivity index is 2.08. The van der Waals surface area contributed by atoms with Crippen molar-refractivity contribution in [2.24, 2.45) is 0 Å². The number of anilines is 1. The number of halogens is 1. The number of amides is 2. The Morgan fingerprint density at radius 3 is 2.25 bits per heavy atom. The number of carbonyl (C=O) groups is 2. The lowest BCUT2D eigenvalue weighted by Gasteiger charge is -2.33. The van der Waals surface area contributed by atoms with Gasteiger partial charge in [0, 0.05) is 16.6 Å². The van der Waals surface area contributed by atoms with Crippen LogP contribution in [0.2, 0.25) is 0 Å². The van der Waals surface area contributed by atoms with Crippen molar-refractivity contribution in [1.29, 1.82) is 0 Å². The number of carbonyl (C=O) groups excluding carboxylic acids is 2. The van der Waals surface area contributed by atoms with Gasteiger partial charge in [0.2, 0.25) is 11.8 Å². The van der Waals surface area contributed by atoms with Gasteiger partial charge in [-0.3, -0.25) is 13.9 Å². The first-order valence-corrected chi connectivity index (χ1v) is 15.0. The average molecular weight is 631 g/mol. The average Bonchev–Trinajstić information content (AvgIpc) is 2.89. The van der Waals surface area contributed by atoms with E-state index in [0.29, 0.717) is 5.75 Å². The normalized spacial score (nSPS) is 12.4.